The summed E-state index contributed by atoms with van der Waals surface area (Å²) in [4.78, 5) is 16.6. The summed E-state index contributed by atoms with van der Waals surface area (Å²) >= 11 is 0. The highest BCUT2D eigenvalue weighted by atomic mass is 16.5. The highest BCUT2D eigenvalue weighted by molar-refractivity contribution is 6.09. The van der Waals surface area contributed by atoms with Crippen molar-refractivity contribution in [3.05, 3.63) is 47.0 Å². The van der Waals surface area contributed by atoms with Crippen LogP contribution in [-0.2, 0) is 7.05 Å². The Kier molecular flexibility index (Phi) is 3.19. The summed E-state index contributed by atoms with van der Waals surface area (Å²) in [5.74, 6) is 0.901. The Morgan fingerprint density at radius 3 is 2.61 bits per heavy atom. The molecule has 94 valence electrons. The van der Waals surface area contributed by atoms with Gasteiger partial charge in [-0.25, -0.2) is 4.98 Å². The average Bonchev–Trinajstić information content (AvgIpc) is 2.73. The van der Waals surface area contributed by atoms with Crippen molar-refractivity contribution in [2.24, 2.45) is 7.05 Å². The van der Waals surface area contributed by atoms with E-state index in [0.29, 0.717) is 17.1 Å². The van der Waals surface area contributed by atoms with Gasteiger partial charge in [-0.2, -0.15) is 0 Å². The molecule has 1 aromatic heterocycles. The number of rotatable bonds is 3. The van der Waals surface area contributed by atoms with Gasteiger partial charge >= 0.3 is 0 Å². The summed E-state index contributed by atoms with van der Waals surface area (Å²) in [5.41, 5.74) is 2.55. The molecule has 0 saturated heterocycles. The van der Waals surface area contributed by atoms with E-state index in [1.54, 1.807) is 31.1 Å². The maximum absolute atomic E-state index is 12.5. The Hall–Kier alpha value is -2.10. The van der Waals surface area contributed by atoms with Crippen molar-refractivity contribution in [2.75, 3.05) is 7.11 Å². The van der Waals surface area contributed by atoms with E-state index in [4.69, 9.17) is 4.74 Å². The molecule has 4 nitrogen and oxygen atoms in total. The SMILES string of the molecule is COc1cc(C)cc(C)c1C(=O)c1nccn1C. The van der Waals surface area contributed by atoms with Crippen molar-refractivity contribution in [3.8, 4) is 5.75 Å². The number of ether oxygens (including phenoxy) is 1. The molecule has 0 fully saturated rings. The number of hydrogen-bond acceptors (Lipinski definition) is 3. The summed E-state index contributed by atoms with van der Waals surface area (Å²) in [6.07, 6.45) is 3.37. The number of carbonyl (C=O) groups is 1. The van der Waals surface area contributed by atoms with Crippen molar-refractivity contribution in [2.45, 2.75) is 13.8 Å². The van der Waals surface area contributed by atoms with Gasteiger partial charge in [0.2, 0.25) is 5.78 Å². The topological polar surface area (TPSA) is 44.1 Å². The fraction of sp³-hybridized carbons (Fsp3) is 0.286. The van der Waals surface area contributed by atoms with Crippen LogP contribution in [0.4, 0.5) is 0 Å². The lowest BCUT2D eigenvalue weighted by Crippen LogP contribution is -2.12. The summed E-state index contributed by atoms with van der Waals surface area (Å²) in [6.45, 7) is 3.89. The predicted octanol–water partition coefficient (Wildman–Crippen LogP) is 2.28. The first-order valence-electron chi connectivity index (χ1n) is 5.72. The third-order valence-corrected chi connectivity index (χ3v) is 2.91. The molecular weight excluding hydrogens is 228 g/mol. The fourth-order valence-electron chi connectivity index (χ4n) is 2.08. The van der Waals surface area contributed by atoms with Crippen molar-refractivity contribution < 1.29 is 9.53 Å². The van der Waals surface area contributed by atoms with E-state index in [1.165, 1.54) is 0 Å². The average molecular weight is 244 g/mol. The van der Waals surface area contributed by atoms with Crippen LogP contribution in [0.25, 0.3) is 0 Å². The normalized spacial score (nSPS) is 10.4. The van der Waals surface area contributed by atoms with Gasteiger partial charge in [-0.3, -0.25) is 4.79 Å². The maximum Gasteiger partial charge on any atom is 0.232 e. The maximum atomic E-state index is 12.5. The Morgan fingerprint density at radius 1 is 1.33 bits per heavy atom. The van der Waals surface area contributed by atoms with Gasteiger partial charge in [0, 0.05) is 19.4 Å². The lowest BCUT2D eigenvalue weighted by Gasteiger charge is -2.11. The molecule has 18 heavy (non-hydrogen) atoms. The van der Waals surface area contributed by atoms with Crippen molar-refractivity contribution >= 4 is 5.78 Å². The molecule has 0 saturated carbocycles. The number of nitrogens with zero attached hydrogens (tertiary/aromatic N) is 2. The molecule has 1 heterocycles. The van der Waals surface area contributed by atoms with Crippen LogP contribution in [0.15, 0.2) is 24.5 Å². The second-order valence-electron chi connectivity index (χ2n) is 4.35. The lowest BCUT2D eigenvalue weighted by atomic mass is 10.0. The second-order valence-corrected chi connectivity index (χ2v) is 4.35. The van der Waals surface area contributed by atoms with Gasteiger partial charge in [0.05, 0.1) is 12.7 Å². The molecule has 0 N–H and O–H groups in total. The van der Waals surface area contributed by atoms with Crippen LogP contribution in [0.3, 0.4) is 0 Å². The molecule has 2 rings (SSSR count). The molecule has 0 bridgehead atoms. The number of benzene rings is 1. The molecule has 0 spiro atoms. The first-order valence-corrected chi connectivity index (χ1v) is 5.72. The first-order chi connectivity index (χ1) is 8.54. The minimum atomic E-state index is -0.114. The molecule has 0 aliphatic heterocycles. The second kappa shape index (κ2) is 4.64. The number of imidazole rings is 1. The van der Waals surface area contributed by atoms with E-state index in [9.17, 15) is 4.79 Å². The predicted molar refractivity (Wildman–Crippen MR) is 69.1 cm³/mol. The number of aromatic nitrogens is 2. The van der Waals surface area contributed by atoms with Gasteiger partial charge in [-0.05, 0) is 31.0 Å². The third kappa shape index (κ3) is 2.01. The van der Waals surface area contributed by atoms with Crippen LogP contribution >= 0.6 is 0 Å². The van der Waals surface area contributed by atoms with E-state index in [2.05, 4.69) is 4.98 Å². The van der Waals surface area contributed by atoms with E-state index in [1.807, 2.05) is 26.0 Å². The number of hydrogen-bond donors (Lipinski definition) is 0. The standard InChI is InChI=1S/C14H16N2O2/c1-9-7-10(2)12(11(8-9)18-4)13(17)14-15-5-6-16(14)3/h5-8H,1-4H3. The van der Waals surface area contributed by atoms with Gasteiger partial charge in [-0.1, -0.05) is 6.07 Å². The summed E-state index contributed by atoms with van der Waals surface area (Å²) in [7, 11) is 3.37. The number of ketones is 1. The smallest absolute Gasteiger partial charge is 0.232 e. The van der Waals surface area contributed by atoms with Crippen LogP contribution in [0.5, 0.6) is 5.75 Å². The Morgan fingerprint density at radius 2 is 2.06 bits per heavy atom. The highest BCUT2D eigenvalue weighted by Gasteiger charge is 2.20. The van der Waals surface area contributed by atoms with Crippen LogP contribution in [-0.4, -0.2) is 22.4 Å². The highest BCUT2D eigenvalue weighted by Crippen LogP contribution is 2.26. The Labute approximate surface area is 106 Å². The monoisotopic (exact) mass is 244 g/mol. The zero-order valence-corrected chi connectivity index (χ0v) is 11.0. The minimum Gasteiger partial charge on any atom is -0.496 e. The quantitative estimate of drug-likeness (QED) is 0.778. The third-order valence-electron chi connectivity index (χ3n) is 2.91. The summed E-state index contributed by atoms with van der Waals surface area (Å²) < 4.78 is 7.02. The van der Waals surface area contributed by atoms with Crippen molar-refractivity contribution in [1.82, 2.24) is 9.55 Å². The van der Waals surface area contributed by atoms with Crippen molar-refractivity contribution in [3.63, 3.8) is 0 Å². The molecule has 0 amide bonds. The van der Waals surface area contributed by atoms with Crippen LogP contribution in [0, 0.1) is 13.8 Å². The zero-order valence-electron chi connectivity index (χ0n) is 11.0. The van der Waals surface area contributed by atoms with E-state index >= 15 is 0 Å². The fourth-order valence-corrected chi connectivity index (χ4v) is 2.08. The minimum absolute atomic E-state index is 0.114. The summed E-state index contributed by atoms with van der Waals surface area (Å²) in [5, 5.41) is 0. The molecular formula is C14H16N2O2. The van der Waals surface area contributed by atoms with Gasteiger partial charge in [-0.15, -0.1) is 0 Å². The van der Waals surface area contributed by atoms with E-state index in [0.717, 1.165) is 11.1 Å². The molecule has 0 atom stereocenters. The molecule has 1 aromatic carbocycles. The lowest BCUT2D eigenvalue weighted by molar-refractivity contribution is 0.102. The van der Waals surface area contributed by atoms with Crippen LogP contribution in [0.1, 0.15) is 27.3 Å². The van der Waals surface area contributed by atoms with E-state index < -0.39 is 0 Å². The van der Waals surface area contributed by atoms with Crippen molar-refractivity contribution in [1.29, 1.82) is 0 Å². The first kappa shape index (κ1) is 12.4. The number of carbonyl (C=O) groups excluding carboxylic acids is 1. The zero-order chi connectivity index (χ0) is 13.3. The Balaban J connectivity index is 2.58. The van der Waals surface area contributed by atoms with Gasteiger partial charge < -0.3 is 9.30 Å². The summed E-state index contributed by atoms with van der Waals surface area (Å²) in [6, 6.07) is 3.84. The van der Waals surface area contributed by atoms with Gasteiger partial charge in [0.1, 0.15) is 5.75 Å². The van der Waals surface area contributed by atoms with E-state index in [-0.39, 0.29) is 5.78 Å². The van der Waals surface area contributed by atoms with Crippen LogP contribution < -0.4 is 4.74 Å². The largest absolute Gasteiger partial charge is 0.496 e. The molecule has 0 unspecified atom stereocenters. The molecule has 0 aliphatic carbocycles. The molecule has 0 aliphatic rings. The molecule has 4 heteroatoms. The van der Waals surface area contributed by atoms with Gasteiger partial charge in [0.15, 0.2) is 5.82 Å². The number of aryl methyl sites for hydroxylation is 3. The van der Waals surface area contributed by atoms with Crippen LogP contribution in [0.2, 0.25) is 0 Å². The Bertz CT molecular complexity index is 600. The molecule has 2 aromatic rings. The van der Waals surface area contributed by atoms with Gasteiger partial charge in [0.25, 0.3) is 0 Å². The molecule has 0 radical (unpaired) electrons. The number of methoxy groups -OCH3 is 1.